The summed E-state index contributed by atoms with van der Waals surface area (Å²) < 4.78 is 0. The Bertz CT molecular complexity index is 468. The van der Waals surface area contributed by atoms with Gasteiger partial charge < -0.3 is 10.2 Å². The maximum atomic E-state index is 12.5. The van der Waals surface area contributed by atoms with Crippen LogP contribution in [-0.2, 0) is 6.42 Å². The Kier molecular flexibility index (Phi) is 4.13. The zero-order valence-corrected chi connectivity index (χ0v) is 12.4. The molecule has 0 spiro atoms. The molecule has 0 aliphatic carbocycles. The monoisotopic (exact) mass is 260 g/mol. The molecule has 1 aliphatic rings. The van der Waals surface area contributed by atoms with Crippen LogP contribution in [0.15, 0.2) is 18.2 Å². The molecule has 0 radical (unpaired) electrons. The van der Waals surface area contributed by atoms with E-state index in [2.05, 4.69) is 26.1 Å². The fraction of sp³-hybridized carbons (Fsp3) is 0.562. The van der Waals surface area contributed by atoms with E-state index in [-0.39, 0.29) is 11.9 Å². The van der Waals surface area contributed by atoms with Crippen LogP contribution in [0.3, 0.4) is 0 Å². The maximum Gasteiger partial charge on any atom is 0.253 e. The molecule has 1 N–H and O–H groups in total. The molecular formula is C16H24N2O. The molecule has 1 aromatic rings. The number of hydrogen-bond acceptors (Lipinski definition) is 2. The Morgan fingerprint density at radius 2 is 2.05 bits per heavy atom. The van der Waals surface area contributed by atoms with E-state index in [1.165, 1.54) is 11.3 Å². The van der Waals surface area contributed by atoms with Crippen molar-refractivity contribution >= 4 is 11.6 Å². The first kappa shape index (κ1) is 13.9. The van der Waals surface area contributed by atoms with Crippen molar-refractivity contribution in [2.45, 2.75) is 39.7 Å². The van der Waals surface area contributed by atoms with Crippen LogP contribution in [0.4, 0.5) is 5.69 Å². The first-order valence-electron chi connectivity index (χ1n) is 7.14. The van der Waals surface area contributed by atoms with Crippen molar-refractivity contribution in [1.82, 2.24) is 4.90 Å². The third kappa shape index (κ3) is 2.91. The number of carbonyl (C=O) groups excluding carboxylic acids is 1. The Morgan fingerprint density at radius 3 is 2.74 bits per heavy atom. The van der Waals surface area contributed by atoms with Crippen LogP contribution in [0.25, 0.3) is 0 Å². The smallest absolute Gasteiger partial charge is 0.253 e. The number of benzene rings is 1. The van der Waals surface area contributed by atoms with Crippen LogP contribution >= 0.6 is 0 Å². The van der Waals surface area contributed by atoms with Crippen LogP contribution in [0, 0.1) is 5.92 Å². The Morgan fingerprint density at radius 1 is 1.32 bits per heavy atom. The average molecular weight is 260 g/mol. The van der Waals surface area contributed by atoms with Crippen LogP contribution in [0.1, 0.15) is 43.1 Å². The van der Waals surface area contributed by atoms with Gasteiger partial charge in [0, 0.05) is 30.9 Å². The molecular weight excluding hydrogens is 236 g/mol. The fourth-order valence-corrected chi connectivity index (χ4v) is 2.44. The highest BCUT2D eigenvalue weighted by atomic mass is 16.2. The van der Waals surface area contributed by atoms with Gasteiger partial charge in [-0.2, -0.15) is 0 Å². The highest BCUT2D eigenvalue weighted by molar-refractivity contribution is 5.95. The molecule has 1 unspecified atom stereocenters. The number of hydrogen-bond donors (Lipinski definition) is 1. The molecule has 104 valence electrons. The van der Waals surface area contributed by atoms with E-state index < -0.39 is 0 Å². The SMILES string of the molecule is CC(C)C(C)N(C)C(=O)c1ccc2c(c1)CCCN2. The second-order valence-electron chi connectivity index (χ2n) is 5.80. The molecule has 1 aromatic carbocycles. The summed E-state index contributed by atoms with van der Waals surface area (Å²) in [5.41, 5.74) is 3.25. The van der Waals surface area contributed by atoms with E-state index in [1.54, 1.807) is 0 Å². The van der Waals surface area contributed by atoms with Crippen LogP contribution < -0.4 is 5.32 Å². The first-order chi connectivity index (χ1) is 9.00. The minimum Gasteiger partial charge on any atom is -0.385 e. The molecule has 0 aromatic heterocycles. The number of rotatable bonds is 3. The Labute approximate surface area is 116 Å². The lowest BCUT2D eigenvalue weighted by molar-refractivity contribution is 0.0707. The van der Waals surface area contributed by atoms with Gasteiger partial charge in [-0.1, -0.05) is 13.8 Å². The van der Waals surface area contributed by atoms with E-state index in [0.717, 1.165) is 24.9 Å². The summed E-state index contributed by atoms with van der Waals surface area (Å²) in [6, 6.07) is 6.27. The number of nitrogens with one attached hydrogen (secondary N) is 1. The quantitative estimate of drug-likeness (QED) is 0.905. The van der Waals surface area contributed by atoms with E-state index in [9.17, 15) is 4.79 Å². The molecule has 3 heteroatoms. The van der Waals surface area contributed by atoms with Crippen molar-refractivity contribution in [2.24, 2.45) is 5.92 Å². The number of amides is 1. The van der Waals surface area contributed by atoms with E-state index in [4.69, 9.17) is 0 Å². The summed E-state index contributed by atoms with van der Waals surface area (Å²) in [6.07, 6.45) is 2.20. The van der Waals surface area contributed by atoms with Gasteiger partial charge >= 0.3 is 0 Å². The van der Waals surface area contributed by atoms with Gasteiger partial charge in [-0.3, -0.25) is 4.79 Å². The van der Waals surface area contributed by atoms with Gasteiger partial charge in [0.15, 0.2) is 0 Å². The van der Waals surface area contributed by atoms with Crippen molar-refractivity contribution < 1.29 is 4.79 Å². The predicted molar refractivity (Wildman–Crippen MR) is 79.6 cm³/mol. The molecule has 2 rings (SSSR count). The zero-order chi connectivity index (χ0) is 14.0. The van der Waals surface area contributed by atoms with Gasteiger partial charge in [0.2, 0.25) is 0 Å². The molecule has 0 bridgehead atoms. The molecule has 19 heavy (non-hydrogen) atoms. The van der Waals surface area contributed by atoms with Crippen LogP contribution in [0.5, 0.6) is 0 Å². The minimum atomic E-state index is 0.120. The number of nitrogens with zero attached hydrogens (tertiary/aromatic N) is 1. The topological polar surface area (TPSA) is 32.3 Å². The number of anilines is 1. The number of aryl methyl sites for hydroxylation is 1. The lowest BCUT2D eigenvalue weighted by Crippen LogP contribution is -2.38. The largest absolute Gasteiger partial charge is 0.385 e. The average Bonchev–Trinajstić information content (AvgIpc) is 2.44. The summed E-state index contributed by atoms with van der Waals surface area (Å²) >= 11 is 0. The molecule has 3 nitrogen and oxygen atoms in total. The van der Waals surface area contributed by atoms with Crippen molar-refractivity contribution in [3.8, 4) is 0 Å². The van der Waals surface area contributed by atoms with Gasteiger partial charge in [0.05, 0.1) is 0 Å². The number of carbonyl (C=O) groups is 1. The third-order valence-electron chi connectivity index (χ3n) is 4.19. The van der Waals surface area contributed by atoms with Gasteiger partial charge in [-0.05, 0) is 49.4 Å². The summed E-state index contributed by atoms with van der Waals surface area (Å²) in [5.74, 6) is 0.586. The highest BCUT2D eigenvalue weighted by Crippen LogP contribution is 2.24. The van der Waals surface area contributed by atoms with Crippen LogP contribution in [-0.4, -0.2) is 30.4 Å². The molecule has 1 aliphatic heterocycles. The van der Waals surface area contributed by atoms with Gasteiger partial charge in [0.1, 0.15) is 0 Å². The maximum absolute atomic E-state index is 12.5. The second-order valence-corrected chi connectivity index (χ2v) is 5.80. The Hall–Kier alpha value is -1.51. The third-order valence-corrected chi connectivity index (χ3v) is 4.19. The molecule has 1 heterocycles. The lowest BCUT2D eigenvalue weighted by Gasteiger charge is -2.28. The molecule has 0 saturated heterocycles. The summed E-state index contributed by atoms with van der Waals surface area (Å²) in [4.78, 5) is 14.3. The standard InChI is InChI=1S/C16H24N2O/c1-11(2)12(3)18(4)16(19)14-7-8-15-13(10-14)6-5-9-17-15/h7-8,10-12,17H,5-6,9H2,1-4H3. The highest BCUT2D eigenvalue weighted by Gasteiger charge is 2.21. The van der Waals surface area contributed by atoms with Gasteiger partial charge in [-0.25, -0.2) is 0 Å². The van der Waals surface area contributed by atoms with Crippen molar-refractivity contribution in [3.05, 3.63) is 29.3 Å². The molecule has 0 saturated carbocycles. The summed E-state index contributed by atoms with van der Waals surface area (Å²) in [6.45, 7) is 7.42. The lowest BCUT2D eigenvalue weighted by atomic mass is 9.99. The van der Waals surface area contributed by atoms with Gasteiger partial charge in [0.25, 0.3) is 5.91 Å². The molecule has 1 amide bonds. The van der Waals surface area contributed by atoms with Crippen molar-refractivity contribution in [2.75, 3.05) is 18.9 Å². The number of fused-ring (bicyclic) bond motifs is 1. The van der Waals surface area contributed by atoms with Crippen molar-refractivity contribution in [1.29, 1.82) is 0 Å². The molecule has 0 fully saturated rings. The van der Waals surface area contributed by atoms with E-state index in [1.807, 2.05) is 30.1 Å². The van der Waals surface area contributed by atoms with E-state index in [0.29, 0.717) is 5.92 Å². The van der Waals surface area contributed by atoms with Gasteiger partial charge in [-0.15, -0.1) is 0 Å². The fourth-order valence-electron chi connectivity index (χ4n) is 2.44. The summed E-state index contributed by atoms with van der Waals surface area (Å²) in [5, 5.41) is 3.37. The zero-order valence-electron chi connectivity index (χ0n) is 12.4. The predicted octanol–water partition coefficient (Wildman–Crippen LogP) is 3.16. The minimum absolute atomic E-state index is 0.120. The summed E-state index contributed by atoms with van der Waals surface area (Å²) in [7, 11) is 1.89. The van der Waals surface area contributed by atoms with E-state index >= 15 is 0 Å². The van der Waals surface area contributed by atoms with Crippen molar-refractivity contribution in [3.63, 3.8) is 0 Å². The van der Waals surface area contributed by atoms with Crippen LogP contribution in [0.2, 0.25) is 0 Å². The first-order valence-corrected chi connectivity index (χ1v) is 7.14. The normalized spacial score (nSPS) is 15.6. The molecule has 1 atom stereocenters. The Balaban J connectivity index is 2.19. The second kappa shape index (κ2) is 5.64.